The topological polar surface area (TPSA) is 29.1 Å². The average molecular weight is 125 g/mol. The third-order valence-electron chi connectivity index (χ3n) is 2.38. The molecular weight excluding hydrogens is 114 g/mol. The number of rotatable bonds is 0. The first-order chi connectivity index (χ1) is 4.34. The molecule has 50 valence electrons. The molecule has 0 aromatic rings. The lowest BCUT2D eigenvalue weighted by Crippen LogP contribution is -2.37. The van der Waals surface area contributed by atoms with Gasteiger partial charge in [-0.2, -0.15) is 0 Å². The van der Waals surface area contributed by atoms with Gasteiger partial charge in [-0.15, -0.1) is 0 Å². The molecule has 0 aromatic carbocycles. The molecule has 1 amide bonds. The molecule has 1 aliphatic heterocycles. The Balaban J connectivity index is 2.11. The van der Waals surface area contributed by atoms with Crippen molar-refractivity contribution in [3.8, 4) is 0 Å². The Morgan fingerprint density at radius 1 is 1.44 bits per heavy atom. The zero-order valence-corrected chi connectivity index (χ0v) is 5.39. The Labute approximate surface area is 54.6 Å². The van der Waals surface area contributed by atoms with Crippen LogP contribution in [0.4, 0.5) is 0 Å². The van der Waals surface area contributed by atoms with Crippen LogP contribution in [0.5, 0.6) is 0 Å². The minimum Gasteiger partial charge on any atom is -0.353 e. The molecule has 0 unspecified atom stereocenters. The average Bonchev–Trinajstić information content (AvgIpc) is 2.11. The molecule has 0 aromatic heterocycles. The Hall–Kier alpha value is -0.530. The number of nitrogens with one attached hydrogen (secondary N) is 1. The molecule has 2 aliphatic rings. The van der Waals surface area contributed by atoms with E-state index in [-0.39, 0.29) is 5.91 Å². The monoisotopic (exact) mass is 125 g/mol. The molecule has 2 bridgehead atoms. The largest absolute Gasteiger partial charge is 0.353 e. The van der Waals surface area contributed by atoms with Gasteiger partial charge in [0.05, 0.1) is 0 Å². The number of hydrogen-bond donors (Lipinski definition) is 1. The summed E-state index contributed by atoms with van der Waals surface area (Å²) in [5.74, 6) is 0.998. The first-order valence-electron chi connectivity index (χ1n) is 3.64. The highest BCUT2D eigenvalue weighted by Crippen LogP contribution is 2.31. The van der Waals surface area contributed by atoms with E-state index in [1.165, 1.54) is 19.3 Å². The van der Waals surface area contributed by atoms with Gasteiger partial charge in [0.25, 0.3) is 0 Å². The van der Waals surface area contributed by atoms with E-state index in [2.05, 4.69) is 5.32 Å². The first-order valence-corrected chi connectivity index (χ1v) is 3.64. The van der Waals surface area contributed by atoms with E-state index in [0.717, 1.165) is 12.3 Å². The van der Waals surface area contributed by atoms with Gasteiger partial charge in [-0.3, -0.25) is 4.79 Å². The zero-order valence-electron chi connectivity index (χ0n) is 5.39. The number of carbonyl (C=O) groups is 1. The van der Waals surface area contributed by atoms with E-state index in [1.807, 2.05) is 0 Å². The van der Waals surface area contributed by atoms with Crippen LogP contribution in [-0.4, -0.2) is 11.9 Å². The van der Waals surface area contributed by atoms with Gasteiger partial charge in [-0.1, -0.05) is 0 Å². The van der Waals surface area contributed by atoms with Crippen LogP contribution in [0.25, 0.3) is 0 Å². The molecule has 1 N–H and O–H groups in total. The number of hydrogen-bond acceptors (Lipinski definition) is 1. The highest BCUT2D eigenvalue weighted by Gasteiger charge is 2.31. The molecule has 2 nitrogen and oxygen atoms in total. The van der Waals surface area contributed by atoms with Crippen LogP contribution in [-0.2, 0) is 4.79 Å². The maximum Gasteiger partial charge on any atom is 0.220 e. The third-order valence-corrected chi connectivity index (χ3v) is 2.38. The lowest BCUT2D eigenvalue weighted by molar-refractivity contribution is -0.123. The van der Waals surface area contributed by atoms with Crippen molar-refractivity contribution in [1.29, 1.82) is 0 Å². The summed E-state index contributed by atoms with van der Waals surface area (Å²) in [4.78, 5) is 10.8. The van der Waals surface area contributed by atoms with Gasteiger partial charge < -0.3 is 5.32 Å². The van der Waals surface area contributed by atoms with Gasteiger partial charge in [0.15, 0.2) is 0 Å². The smallest absolute Gasteiger partial charge is 0.220 e. The SMILES string of the molecule is O=C1C[C@@H]2CC[C@@H](C2)N1. The fraction of sp³-hybridized carbons (Fsp3) is 0.857. The predicted molar refractivity (Wildman–Crippen MR) is 33.9 cm³/mol. The second-order valence-electron chi connectivity index (χ2n) is 3.15. The van der Waals surface area contributed by atoms with Crippen LogP contribution >= 0.6 is 0 Å². The van der Waals surface area contributed by atoms with Gasteiger partial charge in [0.1, 0.15) is 0 Å². The lowest BCUT2D eigenvalue weighted by atomic mass is 10.0. The second-order valence-corrected chi connectivity index (χ2v) is 3.15. The predicted octanol–water partition coefficient (Wildman–Crippen LogP) is 0.675. The second kappa shape index (κ2) is 1.72. The number of amides is 1. The summed E-state index contributed by atoms with van der Waals surface area (Å²) in [7, 11) is 0. The van der Waals surface area contributed by atoms with Crippen LogP contribution in [0.1, 0.15) is 25.7 Å². The summed E-state index contributed by atoms with van der Waals surface area (Å²) in [5.41, 5.74) is 0. The summed E-state index contributed by atoms with van der Waals surface area (Å²) >= 11 is 0. The van der Waals surface area contributed by atoms with Crippen LogP contribution in [0.2, 0.25) is 0 Å². The van der Waals surface area contributed by atoms with Crippen molar-refractivity contribution in [1.82, 2.24) is 5.32 Å². The zero-order chi connectivity index (χ0) is 6.27. The van der Waals surface area contributed by atoms with E-state index < -0.39 is 0 Å². The summed E-state index contributed by atoms with van der Waals surface area (Å²) in [5, 5.41) is 2.97. The maximum atomic E-state index is 10.8. The summed E-state index contributed by atoms with van der Waals surface area (Å²) in [6.45, 7) is 0. The Morgan fingerprint density at radius 3 is 3.11 bits per heavy atom. The normalized spacial score (nSPS) is 40.7. The van der Waals surface area contributed by atoms with Gasteiger partial charge in [-0.25, -0.2) is 0 Å². The van der Waals surface area contributed by atoms with Crippen LogP contribution < -0.4 is 5.32 Å². The Morgan fingerprint density at radius 2 is 2.33 bits per heavy atom. The summed E-state index contributed by atoms with van der Waals surface area (Å²) < 4.78 is 0. The molecule has 1 heterocycles. The third kappa shape index (κ3) is 0.824. The summed E-state index contributed by atoms with van der Waals surface area (Å²) in [6, 6.07) is 0.538. The van der Waals surface area contributed by atoms with E-state index in [9.17, 15) is 4.79 Å². The van der Waals surface area contributed by atoms with E-state index in [1.54, 1.807) is 0 Å². The minimum atomic E-state index is 0.272. The molecule has 1 saturated carbocycles. The van der Waals surface area contributed by atoms with Crippen molar-refractivity contribution in [3.05, 3.63) is 0 Å². The highest BCUT2D eigenvalue weighted by molar-refractivity contribution is 5.77. The van der Waals surface area contributed by atoms with Gasteiger partial charge >= 0.3 is 0 Å². The fourth-order valence-electron chi connectivity index (χ4n) is 1.94. The van der Waals surface area contributed by atoms with Gasteiger partial charge in [0.2, 0.25) is 5.91 Å². The van der Waals surface area contributed by atoms with E-state index in [4.69, 9.17) is 0 Å². The molecular formula is C7H11NO. The fourth-order valence-corrected chi connectivity index (χ4v) is 1.94. The minimum absolute atomic E-state index is 0.272. The molecule has 1 saturated heterocycles. The summed E-state index contributed by atoms with van der Waals surface area (Å²) in [6.07, 6.45) is 4.52. The highest BCUT2D eigenvalue weighted by atomic mass is 16.1. The van der Waals surface area contributed by atoms with Crippen molar-refractivity contribution in [3.63, 3.8) is 0 Å². The van der Waals surface area contributed by atoms with Crippen molar-refractivity contribution >= 4 is 5.91 Å². The molecule has 2 rings (SSSR count). The van der Waals surface area contributed by atoms with Crippen LogP contribution in [0.3, 0.4) is 0 Å². The van der Waals surface area contributed by atoms with Gasteiger partial charge in [0, 0.05) is 12.5 Å². The molecule has 0 radical (unpaired) electrons. The molecule has 2 fully saturated rings. The standard InChI is InChI=1S/C7H11NO/c9-7-4-5-1-2-6(3-5)8-7/h5-6H,1-4H2,(H,8,9)/t5-,6+/m1/s1. The first kappa shape index (κ1) is 5.27. The number of fused-ring (bicyclic) bond motifs is 2. The number of carbonyl (C=O) groups excluding carboxylic acids is 1. The molecule has 2 atom stereocenters. The Bertz CT molecular complexity index is 130. The lowest BCUT2D eigenvalue weighted by Gasteiger charge is -2.18. The maximum absolute atomic E-state index is 10.8. The number of piperidine rings is 1. The van der Waals surface area contributed by atoms with E-state index in [0.29, 0.717) is 6.04 Å². The molecule has 2 heteroatoms. The van der Waals surface area contributed by atoms with E-state index >= 15 is 0 Å². The van der Waals surface area contributed by atoms with Crippen molar-refractivity contribution in [2.45, 2.75) is 31.7 Å². The van der Waals surface area contributed by atoms with Crippen molar-refractivity contribution in [2.75, 3.05) is 0 Å². The van der Waals surface area contributed by atoms with Crippen LogP contribution in [0.15, 0.2) is 0 Å². The van der Waals surface area contributed by atoms with Crippen molar-refractivity contribution < 1.29 is 4.79 Å². The Kier molecular flexibility index (Phi) is 1.01. The quantitative estimate of drug-likeness (QED) is 0.506. The molecule has 9 heavy (non-hydrogen) atoms. The molecule has 0 spiro atoms. The molecule has 1 aliphatic carbocycles. The van der Waals surface area contributed by atoms with Crippen LogP contribution in [0, 0.1) is 5.92 Å². The van der Waals surface area contributed by atoms with Crippen molar-refractivity contribution in [2.24, 2.45) is 5.92 Å². The van der Waals surface area contributed by atoms with Gasteiger partial charge in [-0.05, 0) is 25.2 Å².